The molecule has 0 aromatic rings. The first kappa shape index (κ1) is 8.75. The Morgan fingerprint density at radius 3 is 1.75 bits per heavy atom. The Bertz CT molecular complexity index is 65.4. The average molecular weight is 144 g/mol. The number of hydrogen-bond donors (Lipinski definition) is 0. The average Bonchev–Trinajstić information content (AvgIpc) is 1.62. The zero-order valence-corrected chi connectivity index (χ0v) is 9.78. The second-order valence-corrected chi connectivity index (χ2v) is 10.2. The minimum atomic E-state index is -0.726. The van der Waals surface area contributed by atoms with Crippen molar-refractivity contribution in [2.45, 2.75) is 37.4 Å². The fourth-order valence-corrected chi connectivity index (χ4v) is 5.51. The lowest BCUT2D eigenvalue weighted by atomic mass is 10.5. The molecule has 0 spiro atoms. The van der Waals surface area contributed by atoms with Crippen LogP contribution in [0.3, 0.4) is 0 Å². The van der Waals surface area contributed by atoms with Crippen LogP contribution < -0.4 is 0 Å². The highest BCUT2D eigenvalue weighted by atomic mass is 28.3. The second kappa shape index (κ2) is 3.06. The smallest absolute Gasteiger partial charge is 0.101 e. The van der Waals surface area contributed by atoms with Crippen molar-refractivity contribution in [2.75, 3.05) is 0 Å². The summed E-state index contributed by atoms with van der Waals surface area (Å²) in [5, 5.41) is 1.50. The van der Waals surface area contributed by atoms with E-state index in [0.717, 1.165) is 5.54 Å². The van der Waals surface area contributed by atoms with Crippen molar-refractivity contribution in [1.29, 1.82) is 0 Å². The van der Waals surface area contributed by atoms with Crippen molar-refractivity contribution in [3.63, 3.8) is 0 Å². The minimum Gasteiger partial charge on any atom is -0.101 e. The molecule has 0 radical (unpaired) electrons. The van der Waals surface area contributed by atoms with Crippen LogP contribution in [0.25, 0.3) is 0 Å². The van der Waals surface area contributed by atoms with E-state index in [2.05, 4.69) is 26.6 Å². The number of hydrogen-bond acceptors (Lipinski definition) is 0. The molecule has 2 heteroatoms. The molecular weight excluding hydrogens is 127 g/mol. The van der Waals surface area contributed by atoms with E-state index in [1.165, 1.54) is 21.6 Å². The van der Waals surface area contributed by atoms with Gasteiger partial charge < -0.3 is 0 Å². The summed E-state index contributed by atoms with van der Waals surface area (Å²) in [6.45, 7) is 9.76. The number of rotatable bonds is 2. The van der Waals surface area contributed by atoms with Crippen LogP contribution in [-0.4, -0.2) is 24.4 Å². The van der Waals surface area contributed by atoms with Crippen LogP contribution in [0.5, 0.6) is 0 Å². The summed E-state index contributed by atoms with van der Waals surface area (Å²) in [4.78, 5) is 0. The van der Waals surface area contributed by atoms with Gasteiger partial charge in [-0.2, -0.15) is 0 Å². The molecule has 0 fully saturated rings. The molecule has 48 valence electrons. The van der Waals surface area contributed by atoms with E-state index in [9.17, 15) is 0 Å². The maximum absolute atomic E-state index is 2.45. The van der Waals surface area contributed by atoms with Gasteiger partial charge in [-0.1, -0.05) is 32.1 Å². The summed E-state index contributed by atoms with van der Waals surface area (Å²) in [7, 11) is -0.726. The fourth-order valence-electron chi connectivity index (χ4n) is 0.612. The van der Waals surface area contributed by atoms with Crippen LogP contribution in [0.4, 0.5) is 0 Å². The minimum absolute atomic E-state index is 0.726. The van der Waals surface area contributed by atoms with E-state index in [1.807, 2.05) is 0 Å². The molecule has 0 aliphatic carbocycles. The molecule has 0 aromatic heterocycles. The molecule has 0 nitrogen and oxygen atoms in total. The Kier molecular flexibility index (Phi) is 3.34. The lowest BCUT2D eigenvalue weighted by molar-refractivity contribution is 1.01. The molecule has 0 rings (SSSR count). The van der Waals surface area contributed by atoms with Crippen LogP contribution in [-0.2, 0) is 0 Å². The molecular formula is C6H17AlSi. The Labute approximate surface area is 62.1 Å². The van der Waals surface area contributed by atoms with Crippen LogP contribution in [0.15, 0.2) is 0 Å². The summed E-state index contributed by atoms with van der Waals surface area (Å²) >= 11 is 1.39. The topological polar surface area (TPSA) is 0 Å². The standard InChI is InChI=1S/C6H15Si.Al.2H/c1-6(2)7(3,4)5;;;/h6H,1H2,2-5H3;;;. The van der Waals surface area contributed by atoms with Gasteiger partial charge in [0.25, 0.3) is 0 Å². The fraction of sp³-hybridized carbons (Fsp3) is 1.00. The van der Waals surface area contributed by atoms with Gasteiger partial charge in [-0.3, -0.25) is 0 Å². The second-order valence-electron chi connectivity index (χ2n) is 3.68. The zero-order valence-electron chi connectivity index (χ0n) is 6.78. The molecule has 0 N–H and O–H groups in total. The van der Waals surface area contributed by atoms with Gasteiger partial charge in [0.1, 0.15) is 0 Å². The van der Waals surface area contributed by atoms with Gasteiger partial charge in [-0.15, -0.1) is 5.28 Å². The lowest BCUT2D eigenvalue weighted by Crippen LogP contribution is -2.25. The Hall–Kier alpha value is 0.749. The summed E-state index contributed by atoms with van der Waals surface area (Å²) in [6.07, 6.45) is 0. The molecule has 1 atom stereocenters. The largest absolute Gasteiger partial charge is 0.211 e. The van der Waals surface area contributed by atoms with Gasteiger partial charge in [0.05, 0.1) is 0 Å². The van der Waals surface area contributed by atoms with Gasteiger partial charge in [0, 0.05) is 8.07 Å². The summed E-state index contributed by atoms with van der Waals surface area (Å²) in [5.74, 6) is 0. The van der Waals surface area contributed by atoms with Crippen molar-refractivity contribution in [3.05, 3.63) is 0 Å². The Balaban J connectivity index is 3.62. The molecule has 0 saturated heterocycles. The third-order valence-electron chi connectivity index (χ3n) is 2.09. The van der Waals surface area contributed by atoms with Crippen LogP contribution in [0, 0.1) is 0 Å². The first-order chi connectivity index (χ1) is 3.48. The van der Waals surface area contributed by atoms with Crippen molar-refractivity contribution in [3.8, 4) is 0 Å². The van der Waals surface area contributed by atoms with Crippen LogP contribution >= 0.6 is 0 Å². The quantitative estimate of drug-likeness (QED) is 0.518. The van der Waals surface area contributed by atoms with Gasteiger partial charge in [-0.05, 0) is 0 Å². The first-order valence-electron chi connectivity index (χ1n) is 3.48. The molecule has 8 heavy (non-hydrogen) atoms. The Morgan fingerprint density at radius 2 is 1.75 bits per heavy atom. The first-order valence-corrected chi connectivity index (χ1v) is 8.47. The van der Waals surface area contributed by atoms with Crippen molar-refractivity contribution in [1.82, 2.24) is 0 Å². The molecule has 0 aromatic carbocycles. The van der Waals surface area contributed by atoms with E-state index in [1.54, 1.807) is 0 Å². The molecule has 0 aliphatic rings. The van der Waals surface area contributed by atoms with Gasteiger partial charge in [-0.25, -0.2) is 0 Å². The zero-order chi connectivity index (χ0) is 6.78. The van der Waals surface area contributed by atoms with Gasteiger partial charge in [0.2, 0.25) is 16.3 Å². The molecule has 0 saturated carbocycles. The predicted molar refractivity (Wildman–Crippen MR) is 46.1 cm³/mol. The third-order valence-corrected chi connectivity index (χ3v) is 7.50. The highest BCUT2D eigenvalue weighted by Crippen LogP contribution is 2.22. The van der Waals surface area contributed by atoms with Gasteiger partial charge >= 0.3 is 0 Å². The summed E-state index contributed by atoms with van der Waals surface area (Å²) in [5.41, 5.74) is 1.05. The van der Waals surface area contributed by atoms with E-state index in [0.29, 0.717) is 0 Å². The highest BCUT2D eigenvalue weighted by molar-refractivity contribution is 6.77. The molecule has 0 amide bonds. The van der Waals surface area contributed by atoms with Crippen molar-refractivity contribution < 1.29 is 0 Å². The summed E-state index contributed by atoms with van der Waals surface area (Å²) in [6, 6.07) is 0. The predicted octanol–water partition coefficient (Wildman–Crippen LogP) is 1.77. The van der Waals surface area contributed by atoms with E-state index < -0.39 is 8.07 Å². The van der Waals surface area contributed by atoms with Gasteiger partial charge in [0.15, 0.2) is 0 Å². The van der Waals surface area contributed by atoms with Crippen molar-refractivity contribution >= 4 is 24.4 Å². The normalized spacial score (nSPS) is 16.0. The monoisotopic (exact) mass is 144 g/mol. The Morgan fingerprint density at radius 1 is 1.38 bits per heavy atom. The molecule has 0 heterocycles. The van der Waals surface area contributed by atoms with E-state index >= 15 is 0 Å². The van der Waals surface area contributed by atoms with Crippen LogP contribution in [0.2, 0.25) is 30.5 Å². The maximum atomic E-state index is 2.45. The van der Waals surface area contributed by atoms with Crippen molar-refractivity contribution in [2.24, 2.45) is 0 Å². The molecule has 0 bridgehead atoms. The van der Waals surface area contributed by atoms with E-state index in [4.69, 9.17) is 0 Å². The summed E-state index contributed by atoms with van der Waals surface area (Å²) < 4.78 is 0. The maximum Gasteiger partial charge on any atom is 0.211 e. The van der Waals surface area contributed by atoms with Crippen LogP contribution in [0.1, 0.15) is 6.92 Å². The lowest BCUT2D eigenvalue weighted by Gasteiger charge is -2.23. The molecule has 1 unspecified atom stereocenters. The third kappa shape index (κ3) is 2.91. The SMILES string of the molecule is CC([CH2][AlH2])[Si](C)(C)C. The van der Waals surface area contributed by atoms with E-state index in [-0.39, 0.29) is 0 Å². The highest BCUT2D eigenvalue weighted by Gasteiger charge is 2.19. The molecule has 0 aliphatic heterocycles.